The standard InChI is InChI=1S/C14H12BrFO/c15-14-11(7-4-8-12(14)16)9-13(17)10-5-2-1-3-6-10/h1-8,13,17H,9H2. The fourth-order valence-corrected chi connectivity index (χ4v) is 2.13. The molecule has 0 saturated carbocycles. The molecule has 1 N–H and O–H groups in total. The molecule has 0 amide bonds. The van der Waals surface area contributed by atoms with Crippen molar-refractivity contribution in [1.29, 1.82) is 0 Å². The summed E-state index contributed by atoms with van der Waals surface area (Å²) in [5, 5.41) is 10.0. The highest BCUT2D eigenvalue weighted by Crippen LogP contribution is 2.25. The van der Waals surface area contributed by atoms with E-state index in [1.165, 1.54) is 6.07 Å². The second-order valence-electron chi connectivity index (χ2n) is 3.84. The van der Waals surface area contributed by atoms with Crippen molar-refractivity contribution in [2.24, 2.45) is 0 Å². The Morgan fingerprint density at radius 3 is 2.47 bits per heavy atom. The lowest BCUT2D eigenvalue weighted by Crippen LogP contribution is -2.02. The second kappa shape index (κ2) is 5.43. The fraction of sp³-hybridized carbons (Fsp3) is 0.143. The van der Waals surface area contributed by atoms with Crippen molar-refractivity contribution in [3.8, 4) is 0 Å². The monoisotopic (exact) mass is 294 g/mol. The predicted molar refractivity (Wildman–Crippen MR) is 69.2 cm³/mol. The fourth-order valence-electron chi connectivity index (χ4n) is 1.71. The van der Waals surface area contributed by atoms with E-state index in [0.717, 1.165) is 11.1 Å². The SMILES string of the molecule is OC(Cc1cccc(F)c1Br)c1ccccc1. The van der Waals surface area contributed by atoms with Crippen LogP contribution in [0.25, 0.3) is 0 Å². The van der Waals surface area contributed by atoms with Crippen LogP contribution < -0.4 is 0 Å². The zero-order valence-electron chi connectivity index (χ0n) is 9.11. The van der Waals surface area contributed by atoms with Crippen molar-refractivity contribution in [3.63, 3.8) is 0 Å². The number of hydrogen-bond acceptors (Lipinski definition) is 1. The average Bonchev–Trinajstić information content (AvgIpc) is 2.36. The van der Waals surface area contributed by atoms with Gasteiger partial charge in [-0.2, -0.15) is 0 Å². The van der Waals surface area contributed by atoms with E-state index in [2.05, 4.69) is 15.9 Å². The van der Waals surface area contributed by atoms with Gasteiger partial charge in [-0.05, 0) is 33.1 Å². The highest BCUT2D eigenvalue weighted by Gasteiger charge is 2.12. The minimum absolute atomic E-state index is 0.303. The molecule has 1 unspecified atom stereocenters. The van der Waals surface area contributed by atoms with Crippen LogP contribution in [0.3, 0.4) is 0 Å². The summed E-state index contributed by atoms with van der Waals surface area (Å²) in [5.74, 6) is -0.303. The normalized spacial score (nSPS) is 12.4. The number of aliphatic hydroxyl groups is 1. The minimum atomic E-state index is -0.616. The number of benzene rings is 2. The van der Waals surface area contributed by atoms with Gasteiger partial charge in [-0.1, -0.05) is 42.5 Å². The third-order valence-corrected chi connectivity index (χ3v) is 3.52. The predicted octanol–water partition coefficient (Wildman–Crippen LogP) is 3.86. The molecular formula is C14H12BrFO. The Bertz CT molecular complexity index is 499. The molecule has 3 heteroatoms. The first-order chi connectivity index (χ1) is 8.18. The van der Waals surface area contributed by atoms with Crippen molar-refractivity contribution in [3.05, 3.63) is 69.9 Å². The van der Waals surface area contributed by atoms with Crippen LogP contribution in [0.2, 0.25) is 0 Å². The summed E-state index contributed by atoms with van der Waals surface area (Å²) in [4.78, 5) is 0. The lowest BCUT2D eigenvalue weighted by atomic mass is 10.0. The number of aliphatic hydroxyl groups excluding tert-OH is 1. The van der Waals surface area contributed by atoms with Gasteiger partial charge in [-0.15, -0.1) is 0 Å². The van der Waals surface area contributed by atoms with Crippen LogP contribution >= 0.6 is 15.9 Å². The van der Waals surface area contributed by atoms with Gasteiger partial charge in [0.2, 0.25) is 0 Å². The van der Waals surface area contributed by atoms with E-state index >= 15 is 0 Å². The summed E-state index contributed by atoms with van der Waals surface area (Å²) < 4.78 is 13.7. The van der Waals surface area contributed by atoms with Crippen molar-refractivity contribution < 1.29 is 9.50 Å². The van der Waals surface area contributed by atoms with E-state index in [0.29, 0.717) is 10.9 Å². The van der Waals surface area contributed by atoms with Crippen molar-refractivity contribution in [2.45, 2.75) is 12.5 Å². The molecule has 0 aliphatic carbocycles. The van der Waals surface area contributed by atoms with Crippen molar-refractivity contribution in [1.82, 2.24) is 0 Å². The largest absolute Gasteiger partial charge is 0.388 e. The van der Waals surface area contributed by atoms with Gasteiger partial charge in [0.1, 0.15) is 5.82 Å². The zero-order valence-corrected chi connectivity index (χ0v) is 10.7. The van der Waals surface area contributed by atoms with Gasteiger partial charge in [0, 0.05) is 6.42 Å². The van der Waals surface area contributed by atoms with E-state index in [9.17, 15) is 9.50 Å². The van der Waals surface area contributed by atoms with Crippen LogP contribution in [0.1, 0.15) is 17.2 Å². The van der Waals surface area contributed by atoms with Gasteiger partial charge in [-0.3, -0.25) is 0 Å². The number of halogens is 2. The van der Waals surface area contributed by atoms with Gasteiger partial charge in [0.25, 0.3) is 0 Å². The van der Waals surface area contributed by atoms with E-state index in [1.807, 2.05) is 30.3 Å². The van der Waals surface area contributed by atoms with E-state index < -0.39 is 6.10 Å². The molecule has 2 rings (SSSR count). The van der Waals surface area contributed by atoms with Gasteiger partial charge in [0.15, 0.2) is 0 Å². The van der Waals surface area contributed by atoms with E-state index in [1.54, 1.807) is 12.1 Å². The third-order valence-electron chi connectivity index (χ3n) is 2.63. The Kier molecular flexibility index (Phi) is 3.92. The molecule has 0 aliphatic heterocycles. The van der Waals surface area contributed by atoms with Crippen molar-refractivity contribution in [2.75, 3.05) is 0 Å². The molecule has 88 valence electrons. The maximum Gasteiger partial charge on any atom is 0.137 e. The van der Waals surface area contributed by atoms with Gasteiger partial charge >= 0.3 is 0 Å². The molecule has 17 heavy (non-hydrogen) atoms. The molecule has 0 heterocycles. The number of hydrogen-bond donors (Lipinski definition) is 1. The lowest BCUT2D eigenvalue weighted by Gasteiger charge is -2.12. The third kappa shape index (κ3) is 2.93. The Balaban J connectivity index is 2.19. The second-order valence-corrected chi connectivity index (χ2v) is 4.64. The molecule has 0 spiro atoms. The smallest absolute Gasteiger partial charge is 0.137 e. The van der Waals surface area contributed by atoms with Crippen LogP contribution in [0.15, 0.2) is 53.0 Å². The summed E-state index contributed by atoms with van der Waals surface area (Å²) in [6, 6.07) is 14.2. The van der Waals surface area contributed by atoms with Gasteiger partial charge < -0.3 is 5.11 Å². The maximum atomic E-state index is 13.3. The Morgan fingerprint density at radius 2 is 1.76 bits per heavy atom. The highest BCUT2D eigenvalue weighted by atomic mass is 79.9. The Hall–Kier alpha value is -1.19. The minimum Gasteiger partial charge on any atom is -0.388 e. The molecule has 2 aromatic rings. The zero-order chi connectivity index (χ0) is 12.3. The summed E-state index contributed by atoms with van der Waals surface area (Å²) >= 11 is 3.20. The van der Waals surface area contributed by atoms with Crippen LogP contribution in [-0.4, -0.2) is 5.11 Å². The topological polar surface area (TPSA) is 20.2 Å². The molecule has 0 saturated heterocycles. The summed E-state index contributed by atoms with van der Waals surface area (Å²) in [6.45, 7) is 0. The summed E-state index contributed by atoms with van der Waals surface area (Å²) in [5.41, 5.74) is 1.60. The summed E-state index contributed by atoms with van der Waals surface area (Å²) in [6.07, 6.45) is -0.225. The maximum absolute atomic E-state index is 13.3. The lowest BCUT2D eigenvalue weighted by molar-refractivity contribution is 0.178. The number of rotatable bonds is 3. The molecule has 2 aromatic carbocycles. The Morgan fingerprint density at radius 1 is 1.06 bits per heavy atom. The van der Waals surface area contributed by atoms with E-state index in [4.69, 9.17) is 0 Å². The van der Waals surface area contributed by atoms with Gasteiger partial charge in [-0.25, -0.2) is 4.39 Å². The van der Waals surface area contributed by atoms with Crippen LogP contribution in [-0.2, 0) is 6.42 Å². The first-order valence-electron chi connectivity index (χ1n) is 5.34. The Labute approximate surface area is 108 Å². The van der Waals surface area contributed by atoms with Crippen molar-refractivity contribution >= 4 is 15.9 Å². The molecule has 1 atom stereocenters. The van der Waals surface area contributed by atoms with E-state index in [-0.39, 0.29) is 5.82 Å². The first kappa shape index (κ1) is 12.3. The molecule has 1 nitrogen and oxygen atoms in total. The van der Waals surface area contributed by atoms with Crippen LogP contribution in [0.4, 0.5) is 4.39 Å². The molecule has 0 aromatic heterocycles. The van der Waals surface area contributed by atoms with Crippen LogP contribution in [0, 0.1) is 5.82 Å². The highest BCUT2D eigenvalue weighted by molar-refractivity contribution is 9.10. The molecule has 0 aliphatic rings. The van der Waals surface area contributed by atoms with Gasteiger partial charge in [0.05, 0.1) is 10.6 Å². The van der Waals surface area contributed by atoms with Crippen LogP contribution in [0.5, 0.6) is 0 Å². The molecule has 0 radical (unpaired) electrons. The molecule has 0 fully saturated rings. The average molecular weight is 295 g/mol. The quantitative estimate of drug-likeness (QED) is 0.911. The molecular weight excluding hydrogens is 283 g/mol. The summed E-state index contributed by atoms with van der Waals surface area (Å²) in [7, 11) is 0. The first-order valence-corrected chi connectivity index (χ1v) is 6.13. The molecule has 0 bridgehead atoms.